The van der Waals surface area contributed by atoms with Crippen molar-refractivity contribution in [2.75, 3.05) is 31.5 Å². The zero-order chi connectivity index (χ0) is 14.4. The van der Waals surface area contributed by atoms with E-state index in [1.165, 1.54) is 4.68 Å². The highest BCUT2D eigenvalue weighted by molar-refractivity contribution is 5.59. The van der Waals surface area contributed by atoms with Crippen molar-refractivity contribution in [1.29, 1.82) is 0 Å². The Morgan fingerprint density at radius 1 is 1.42 bits per heavy atom. The lowest BCUT2D eigenvalue weighted by Gasteiger charge is -2.19. The van der Waals surface area contributed by atoms with Crippen molar-refractivity contribution in [3.8, 4) is 0 Å². The average Bonchev–Trinajstić information content (AvgIpc) is 2.63. The second kappa shape index (κ2) is 7.08. The van der Waals surface area contributed by atoms with Gasteiger partial charge in [0.05, 0.1) is 4.92 Å². The van der Waals surface area contributed by atoms with Crippen LogP contribution in [0, 0.1) is 17.0 Å². The van der Waals surface area contributed by atoms with E-state index in [0.717, 1.165) is 26.1 Å². The molecule has 19 heavy (non-hydrogen) atoms. The summed E-state index contributed by atoms with van der Waals surface area (Å²) in [5, 5.41) is 18.2. The molecular formula is C12H23N5O2. The summed E-state index contributed by atoms with van der Waals surface area (Å²) in [4.78, 5) is 12.9. The molecule has 0 amide bonds. The monoisotopic (exact) mass is 269 g/mol. The molecule has 0 bridgehead atoms. The van der Waals surface area contributed by atoms with Gasteiger partial charge in [0, 0.05) is 20.1 Å². The molecule has 1 heterocycles. The fourth-order valence-electron chi connectivity index (χ4n) is 2.14. The molecule has 0 aromatic carbocycles. The van der Waals surface area contributed by atoms with E-state index in [4.69, 9.17) is 0 Å². The van der Waals surface area contributed by atoms with Gasteiger partial charge in [-0.2, -0.15) is 5.10 Å². The normalized spacial score (nSPS) is 11.0. The van der Waals surface area contributed by atoms with Crippen LogP contribution in [0.25, 0.3) is 0 Å². The first-order valence-corrected chi connectivity index (χ1v) is 6.65. The van der Waals surface area contributed by atoms with Gasteiger partial charge in [0.1, 0.15) is 5.69 Å². The van der Waals surface area contributed by atoms with Crippen LogP contribution in [0.2, 0.25) is 0 Å². The smallest absolute Gasteiger partial charge is 0.333 e. The molecule has 108 valence electrons. The lowest BCUT2D eigenvalue weighted by molar-refractivity contribution is -0.384. The van der Waals surface area contributed by atoms with Gasteiger partial charge in [0.25, 0.3) is 0 Å². The largest absolute Gasteiger partial charge is 0.363 e. The molecule has 1 N–H and O–H groups in total. The first kappa shape index (κ1) is 15.4. The zero-order valence-electron chi connectivity index (χ0n) is 12.1. The molecule has 1 rings (SSSR count). The van der Waals surface area contributed by atoms with E-state index < -0.39 is 0 Å². The first-order valence-electron chi connectivity index (χ1n) is 6.65. The number of anilines is 1. The Morgan fingerprint density at radius 2 is 2.11 bits per heavy atom. The minimum Gasteiger partial charge on any atom is -0.363 e. The summed E-state index contributed by atoms with van der Waals surface area (Å²) in [5.41, 5.74) is 0.511. The quantitative estimate of drug-likeness (QED) is 0.575. The molecule has 0 fully saturated rings. The minimum atomic E-state index is -0.381. The van der Waals surface area contributed by atoms with Crippen LogP contribution < -0.4 is 5.32 Å². The van der Waals surface area contributed by atoms with Crippen LogP contribution >= 0.6 is 0 Å². The predicted octanol–water partition coefficient (Wildman–Crippen LogP) is 1.78. The number of nitrogens with zero attached hydrogens (tertiary/aromatic N) is 4. The Hall–Kier alpha value is -1.63. The molecule has 0 unspecified atom stereocenters. The Labute approximate surface area is 113 Å². The van der Waals surface area contributed by atoms with E-state index in [9.17, 15) is 10.1 Å². The van der Waals surface area contributed by atoms with Crippen molar-refractivity contribution in [2.45, 2.75) is 27.2 Å². The summed E-state index contributed by atoms with van der Waals surface area (Å²) >= 11 is 0. The molecule has 0 aliphatic heterocycles. The van der Waals surface area contributed by atoms with Gasteiger partial charge in [-0.15, -0.1) is 0 Å². The maximum absolute atomic E-state index is 11.0. The number of nitrogens with one attached hydrogen (secondary N) is 1. The molecule has 0 radical (unpaired) electrons. The first-order chi connectivity index (χ1) is 9.01. The highest BCUT2D eigenvalue weighted by Gasteiger charge is 2.23. The number of hydrogen-bond donors (Lipinski definition) is 1. The van der Waals surface area contributed by atoms with Crippen LogP contribution in [0.3, 0.4) is 0 Å². The molecule has 7 nitrogen and oxygen atoms in total. The Morgan fingerprint density at radius 3 is 2.63 bits per heavy atom. The highest BCUT2D eigenvalue weighted by atomic mass is 16.6. The van der Waals surface area contributed by atoms with Crippen molar-refractivity contribution in [1.82, 2.24) is 14.7 Å². The second-order valence-corrected chi connectivity index (χ2v) is 4.52. The summed E-state index contributed by atoms with van der Waals surface area (Å²) in [6, 6.07) is 0. The molecule has 0 spiro atoms. The highest BCUT2D eigenvalue weighted by Crippen LogP contribution is 2.26. The van der Waals surface area contributed by atoms with Crippen LogP contribution in [0.15, 0.2) is 0 Å². The topological polar surface area (TPSA) is 76.2 Å². The van der Waals surface area contributed by atoms with Gasteiger partial charge in [-0.1, -0.05) is 13.8 Å². The van der Waals surface area contributed by atoms with Gasteiger partial charge in [0.15, 0.2) is 0 Å². The van der Waals surface area contributed by atoms with Crippen molar-refractivity contribution in [3.63, 3.8) is 0 Å². The van der Waals surface area contributed by atoms with E-state index in [1.807, 2.05) is 0 Å². The lowest BCUT2D eigenvalue weighted by Crippen LogP contribution is -2.30. The third-order valence-corrected chi connectivity index (χ3v) is 3.08. The van der Waals surface area contributed by atoms with Gasteiger partial charge in [-0.05, 0) is 26.4 Å². The number of likely N-dealkylation sites (N-methyl/N-ethyl adjacent to an activating group) is 1. The summed E-state index contributed by atoms with van der Waals surface area (Å²) in [6.07, 6.45) is 1.11. The van der Waals surface area contributed by atoms with Gasteiger partial charge in [-0.3, -0.25) is 10.1 Å². The van der Waals surface area contributed by atoms with Crippen molar-refractivity contribution >= 4 is 11.5 Å². The summed E-state index contributed by atoms with van der Waals surface area (Å²) in [7, 11) is 1.71. The number of hydrogen-bond acceptors (Lipinski definition) is 5. The van der Waals surface area contributed by atoms with Crippen LogP contribution in [-0.2, 0) is 7.05 Å². The van der Waals surface area contributed by atoms with Crippen molar-refractivity contribution in [2.24, 2.45) is 7.05 Å². The van der Waals surface area contributed by atoms with Gasteiger partial charge in [-0.25, -0.2) is 4.68 Å². The van der Waals surface area contributed by atoms with Gasteiger partial charge < -0.3 is 10.2 Å². The van der Waals surface area contributed by atoms with E-state index in [0.29, 0.717) is 18.1 Å². The SMILES string of the molecule is CCCN(CC)CCNc1c([N+](=O)[O-])c(C)nn1C. The Bertz CT molecular complexity index is 430. The van der Waals surface area contributed by atoms with Gasteiger partial charge >= 0.3 is 5.69 Å². The molecular weight excluding hydrogens is 246 g/mol. The standard InChI is InChI=1S/C12H23N5O2/c1-5-8-16(6-2)9-7-13-12-11(17(18)19)10(3)14-15(12)4/h13H,5-9H2,1-4H3. The molecule has 0 aliphatic carbocycles. The van der Waals surface area contributed by atoms with E-state index in [2.05, 4.69) is 29.2 Å². The molecule has 0 saturated heterocycles. The number of nitro groups is 1. The average molecular weight is 269 g/mol. The molecule has 7 heteroatoms. The Balaban J connectivity index is 2.65. The third kappa shape index (κ3) is 3.92. The molecule has 0 aliphatic rings. The predicted molar refractivity (Wildman–Crippen MR) is 75.5 cm³/mol. The number of rotatable bonds is 8. The van der Waals surface area contributed by atoms with E-state index in [1.54, 1.807) is 14.0 Å². The molecule has 1 aromatic rings. The van der Waals surface area contributed by atoms with Crippen molar-refractivity contribution < 1.29 is 4.92 Å². The fourth-order valence-corrected chi connectivity index (χ4v) is 2.14. The second-order valence-electron chi connectivity index (χ2n) is 4.52. The van der Waals surface area contributed by atoms with Gasteiger partial charge in [0.2, 0.25) is 5.82 Å². The molecule has 0 atom stereocenters. The zero-order valence-corrected chi connectivity index (χ0v) is 12.1. The summed E-state index contributed by atoms with van der Waals surface area (Å²) in [5.74, 6) is 0.482. The van der Waals surface area contributed by atoms with Crippen LogP contribution in [0.5, 0.6) is 0 Å². The van der Waals surface area contributed by atoms with Crippen molar-refractivity contribution in [3.05, 3.63) is 15.8 Å². The molecule has 1 aromatic heterocycles. The van der Waals surface area contributed by atoms with E-state index >= 15 is 0 Å². The molecule has 0 saturated carbocycles. The maximum Gasteiger partial charge on any atom is 0.333 e. The van der Waals surface area contributed by atoms with E-state index in [-0.39, 0.29) is 10.6 Å². The number of aryl methyl sites for hydroxylation is 2. The van der Waals surface area contributed by atoms with Crippen LogP contribution in [0.4, 0.5) is 11.5 Å². The van der Waals surface area contributed by atoms with Crippen LogP contribution in [-0.4, -0.2) is 45.8 Å². The number of aromatic nitrogens is 2. The minimum absolute atomic E-state index is 0.0704. The lowest BCUT2D eigenvalue weighted by atomic mass is 10.3. The van der Waals surface area contributed by atoms with Crippen LogP contribution in [0.1, 0.15) is 26.0 Å². The maximum atomic E-state index is 11.0. The summed E-state index contributed by atoms with van der Waals surface area (Å²) in [6.45, 7) is 9.49. The third-order valence-electron chi connectivity index (χ3n) is 3.08. The Kier molecular flexibility index (Phi) is 5.75. The fraction of sp³-hybridized carbons (Fsp3) is 0.750. The summed E-state index contributed by atoms with van der Waals surface area (Å²) < 4.78 is 1.53.